The molecule has 8 nitrogen and oxygen atoms in total. The SMILES string of the molecule is CCCCNC(=O)[C@@H](CC)N(Cc1ccc(OC)cc1)C(=O)CN(c1cc(C)cc(C)c1)S(=O)(=O)c1ccccc1. The average molecular weight is 580 g/mol. The average Bonchev–Trinajstić information content (AvgIpc) is 2.96. The Morgan fingerprint density at radius 2 is 1.56 bits per heavy atom. The van der Waals surface area contributed by atoms with E-state index in [1.54, 1.807) is 49.6 Å². The van der Waals surface area contributed by atoms with Crippen LogP contribution in [0.4, 0.5) is 5.69 Å². The minimum Gasteiger partial charge on any atom is -0.497 e. The van der Waals surface area contributed by atoms with Crippen molar-refractivity contribution in [2.45, 2.75) is 64.4 Å². The predicted molar refractivity (Wildman–Crippen MR) is 162 cm³/mol. The van der Waals surface area contributed by atoms with Gasteiger partial charge in [0.25, 0.3) is 10.0 Å². The molecular formula is C32H41N3O5S. The number of rotatable bonds is 14. The molecule has 0 saturated heterocycles. The first-order valence-electron chi connectivity index (χ1n) is 14.0. The van der Waals surface area contributed by atoms with Gasteiger partial charge < -0.3 is 15.0 Å². The molecule has 0 aromatic heterocycles. The number of aryl methyl sites for hydroxylation is 2. The van der Waals surface area contributed by atoms with Gasteiger partial charge in [-0.1, -0.05) is 56.7 Å². The van der Waals surface area contributed by atoms with E-state index >= 15 is 0 Å². The maximum Gasteiger partial charge on any atom is 0.264 e. The molecule has 0 aliphatic carbocycles. The van der Waals surface area contributed by atoms with Gasteiger partial charge in [-0.15, -0.1) is 0 Å². The van der Waals surface area contributed by atoms with Crippen molar-refractivity contribution in [1.29, 1.82) is 0 Å². The molecule has 220 valence electrons. The van der Waals surface area contributed by atoms with E-state index in [0.717, 1.165) is 33.8 Å². The van der Waals surface area contributed by atoms with Crippen molar-refractivity contribution in [1.82, 2.24) is 10.2 Å². The van der Waals surface area contributed by atoms with Crippen LogP contribution in [0.2, 0.25) is 0 Å². The Morgan fingerprint density at radius 3 is 2.12 bits per heavy atom. The number of hydrogen-bond donors (Lipinski definition) is 1. The summed E-state index contributed by atoms with van der Waals surface area (Å²) < 4.78 is 34.3. The van der Waals surface area contributed by atoms with Gasteiger partial charge in [0.05, 0.1) is 17.7 Å². The fourth-order valence-corrected chi connectivity index (χ4v) is 6.12. The lowest BCUT2D eigenvalue weighted by Gasteiger charge is -2.33. The largest absolute Gasteiger partial charge is 0.497 e. The third-order valence-corrected chi connectivity index (χ3v) is 8.62. The Hall–Kier alpha value is -3.85. The molecule has 41 heavy (non-hydrogen) atoms. The van der Waals surface area contributed by atoms with E-state index in [0.29, 0.717) is 24.4 Å². The van der Waals surface area contributed by atoms with Crippen molar-refractivity contribution < 1.29 is 22.7 Å². The Morgan fingerprint density at radius 1 is 0.927 bits per heavy atom. The van der Waals surface area contributed by atoms with Crippen molar-refractivity contribution in [3.63, 3.8) is 0 Å². The third-order valence-electron chi connectivity index (χ3n) is 6.83. The summed E-state index contributed by atoms with van der Waals surface area (Å²) >= 11 is 0. The fraction of sp³-hybridized carbons (Fsp3) is 0.375. The van der Waals surface area contributed by atoms with Crippen LogP contribution in [0.25, 0.3) is 0 Å². The first-order chi connectivity index (χ1) is 19.6. The zero-order valence-electron chi connectivity index (χ0n) is 24.6. The number of methoxy groups -OCH3 is 1. The summed E-state index contributed by atoms with van der Waals surface area (Å²) in [5, 5.41) is 2.95. The van der Waals surface area contributed by atoms with Gasteiger partial charge in [-0.2, -0.15) is 0 Å². The Balaban J connectivity index is 2.05. The number of benzene rings is 3. The van der Waals surface area contributed by atoms with Crippen LogP contribution in [0.1, 0.15) is 49.8 Å². The normalized spacial score (nSPS) is 11.9. The number of carbonyl (C=O) groups is 2. The second-order valence-corrected chi connectivity index (χ2v) is 12.0. The smallest absolute Gasteiger partial charge is 0.264 e. The molecule has 0 unspecified atom stereocenters. The monoisotopic (exact) mass is 579 g/mol. The molecular weight excluding hydrogens is 538 g/mol. The second-order valence-electron chi connectivity index (χ2n) is 10.1. The number of carbonyl (C=O) groups excluding carboxylic acids is 2. The maximum atomic E-state index is 14.2. The van der Waals surface area contributed by atoms with Crippen LogP contribution < -0.4 is 14.4 Å². The molecule has 0 aliphatic rings. The van der Waals surface area contributed by atoms with Gasteiger partial charge in [0.1, 0.15) is 18.3 Å². The number of nitrogens with zero attached hydrogens (tertiary/aromatic N) is 2. The predicted octanol–water partition coefficient (Wildman–Crippen LogP) is 5.23. The van der Waals surface area contributed by atoms with Crippen molar-refractivity contribution in [2.75, 3.05) is 24.5 Å². The van der Waals surface area contributed by atoms with E-state index in [1.165, 1.54) is 17.0 Å². The van der Waals surface area contributed by atoms with E-state index < -0.39 is 28.5 Å². The third kappa shape index (κ3) is 8.33. The van der Waals surface area contributed by atoms with Gasteiger partial charge in [-0.3, -0.25) is 13.9 Å². The fourth-order valence-electron chi connectivity index (χ4n) is 4.70. The zero-order chi connectivity index (χ0) is 30.0. The van der Waals surface area contributed by atoms with Crippen molar-refractivity contribution in [3.8, 4) is 5.75 Å². The quantitative estimate of drug-likeness (QED) is 0.264. The van der Waals surface area contributed by atoms with E-state index in [4.69, 9.17) is 4.74 Å². The van der Waals surface area contributed by atoms with E-state index in [1.807, 2.05) is 45.9 Å². The Bertz CT molecular complexity index is 1390. The summed E-state index contributed by atoms with van der Waals surface area (Å²) in [4.78, 5) is 29.0. The number of nitrogens with one attached hydrogen (secondary N) is 1. The lowest BCUT2D eigenvalue weighted by Crippen LogP contribution is -2.52. The Labute approximate surface area is 244 Å². The highest BCUT2D eigenvalue weighted by Crippen LogP contribution is 2.27. The van der Waals surface area contributed by atoms with Crippen molar-refractivity contribution >= 4 is 27.5 Å². The van der Waals surface area contributed by atoms with E-state index in [2.05, 4.69) is 5.32 Å². The molecule has 2 amide bonds. The lowest BCUT2D eigenvalue weighted by molar-refractivity contribution is -0.140. The first kappa shape index (κ1) is 31.7. The molecule has 0 bridgehead atoms. The summed E-state index contributed by atoms with van der Waals surface area (Å²) in [5.74, 6) is -0.0606. The van der Waals surface area contributed by atoms with Gasteiger partial charge in [-0.25, -0.2) is 8.42 Å². The molecule has 3 aromatic rings. The highest BCUT2D eigenvalue weighted by molar-refractivity contribution is 7.92. The molecule has 0 heterocycles. The zero-order valence-corrected chi connectivity index (χ0v) is 25.4. The van der Waals surface area contributed by atoms with Crippen LogP contribution in [0, 0.1) is 13.8 Å². The van der Waals surface area contributed by atoms with Crippen LogP contribution in [-0.2, 0) is 26.2 Å². The number of unbranched alkanes of at least 4 members (excludes halogenated alkanes) is 1. The summed E-state index contributed by atoms with van der Waals surface area (Å²) in [6.07, 6.45) is 2.12. The lowest BCUT2D eigenvalue weighted by atomic mass is 10.1. The van der Waals surface area contributed by atoms with Gasteiger partial charge in [0.15, 0.2) is 0 Å². The Kier molecular flexibility index (Phi) is 11.3. The van der Waals surface area contributed by atoms with Crippen molar-refractivity contribution in [3.05, 3.63) is 89.5 Å². The van der Waals surface area contributed by atoms with Crippen LogP contribution in [0.5, 0.6) is 5.75 Å². The number of hydrogen-bond acceptors (Lipinski definition) is 5. The summed E-state index contributed by atoms with van der Waals surface area (Å²) in [6.45, 7) is 7.83. The molecule has 0 spiro atoms. The topological polar surface area (TPSA) is 96.0 Å². The molecule has 0 fully saturated rings. The minimum absolute atomic E-state index is 0.0815. The molecule has 3 rings (SSSR count). The van der Waals surface area contributed by atoms with Gasteiger partial charge in [0.2, 0.25) is 11.8 Å². The highest BCUT2D eigenvalue weighted by atomic mass is 32.2. The van der Waals surface area contributed by atoms with Gasteiger partial charge in [-0.05, 0) is 79.8 Å². The van der Waals surface area contributed by atoms with E-state index in [9.17, 15) is 18.0 Å². The van der Waals surface area contributed by atoms with E-state index in [-0.39, 0.29) is 17.3 Å². The highest BCUT2D eigenvalue weighted by Gasteiger charge is 2.33. The molecule has 0 aliphatic heterocycles. The number of anilines is 1. The first-order valence-corrected chi connectivity index (χ1v) is 15.4. The summed E-state index contributed by atoms with van der Waals surface area (Å²) in [5.41, 5.74) is 2.93. The number of sulfonamides is 1. The molecule has 0 radical (unpaired) electrons. The summed E-state index contributed by atoms with van der Waals surface area (Å²) in [6, 6.07) is 20.0. The molecule has 1 atom stereocenters. The van der Waals surface area contributed by atoms with Crippen LogP contribution in [-0.4, -0.2) is 51.4 Å². The van der Waals surface area contributed by atoms with Crippen molar-refractivity contribution in [2.24, 2.45) is 0 Å². The van der Waals surface area contributed by atoms with Crippen LogP contribution >= 0.6 is 0 Å². The van der Waals surface area contributed by atoms with Gasteiger partial charge in [0, 0.05) is 13.1 Å². The van der Waals surface area contributed by atoms with Crippen LogP contribution in [0.15, 0.2) is 77.7 Å². The molecule has 1 N–H and O–H groups in total. The molecule has 3 aromatic carbocycles. The molecule has 9 heteroatoms. The number of ether oxygens (including phenoxy) is 1. The number of amides is 2. The van der Waals surface area contributed by atoms with Gasteiger partial charge >= 0.3 is 0 Å². The second kappa shape index (κ2) is 14.7. The maximum absolute atomic E-state index is 14.2. The standard InChI is InChI=1S/C32H41N3O5S/c1-6-8-18-33-32(37)30(7-2)34(22-26-14-16-28(40-5)17-15-26)31(36)23-35(27-20-24(3)19-25(4)21-27)41(38,39)29-12-10-9-11-13-29/h9-17,19-21,30H,6-8,18,22-23H2,1-5H3,(H,33,37)/t30-/m1/s1. The molecule has 0 saturated carbocycles. The van der Waals surface area contributed by atoms with Crippen LogP contribution in [0.3, 0.4) is 0 Å². The minimum atomic E-state index is -4.10. The summed E-state index contributed by atoms with van der Waals surface area (Å²) in [7, 11) is -2.52.